The molecule has 0 saturated carbocycles. The molecule has 0 aliphatic carbocycles. The Morgan fingerprint density at radius 2 is 1.76 bits per heavy atom. The third-order valence-corrected chi connectivity index (χ3v) is 2.76. The summed E-state index contributed by atoms with van der Waals surface area (Å²) in [5, 5.41) is 18.1. The SMILES string of the molecule is Cc1ccc(Cl)cc1C(CC(=O)O)CC(=O)O. The maximum atomic E-state index is 10.7. The first-order valence-corrected chi connectivity index (χ1v) is 5.47. The van der Waals surface area contributed by atoms with E-state index in [-0.39, 0.29) is 12.8 Å². The monoisotopic (exact) mass is 256 g/mol. The van der Waals surface area contributed by atoms with Gasteiger partial charge in [-0.3, -0.25) is 9.59 Å². The number of carboxylic acid groups (broad SMARTS) is 2. The van der Waals surface area contributed by atoms with E-state index in [0.29, 0.717) is 10.6 Å². The van der Waals surface area contributed by atoms with Crippen LogP contribution in [-0.4, -0.2) is 22.2 Å². The Bertz CT molecular complexity index is 426. The second-order valence-corrected chi connectivity index (χ2v) is 4.33. The third-order valence-electron chi connectivity index (χ3n) is 2.52. The van der Waals surface area contributed by atoms with E-state index in [0.717, 1.165) is 5.56 Å². The van der Waals surface area contributed by atoms with Crippen molar-refractivity contribution in [3.05, 3.63) is 34.3 Å². The van der Waals surface area contributed by atoms with Crippen LogP contribution in [0.25, 0.3) is 0 Å². The Morgan fingerprint density at radius 3 is 2.24 bits per heavy atom. The molecule has 0 aliphatic heterocycles. The summed E-state index contributed by atoms with van der Waals surface area (Å²) in [6.45, 7) is 1.81. The highest BCUT2D eigenvalue weighted by Gasteiger charge is 2.20. The first kappa shape index (κ1) is 13.5. The van der Waals surface area contributed by atoms with Crippen LogP contribution in [0.1, 0.15) is 29.9 Å². The van der Waals surface area contributed by atoms with Gasteiger partial charge in [-0.1, -0.05) is 17.7 Å². The smallest absolute Gasteiger partial charge is 0.303 e. The van der Waals surface area contributed by atoms with Crippen LogP contribution < -0.4 is 0 Å². The highest BCUT2D eigenvalue weighted by Crippen LogP contribution is 2.28. The average molecular weight is 257 g/mol. The van der Waals surface area contributed by atoms with E-state index in [1.165, 1.54) is 0 Å². The summed E-state index contributed by atoms with van der Waals surface area (Å²) in [6, 6.07) is 5.08. The van der Waals surface area contributed by atoms with Gasteiger partial charge in [0, 0.05) is 10.9 Å². The van der Waals surface area contributed by atoms with Crippen molar-refractivity contribution in [1.29, 1.82) is 0 Å². The van der Waals surface area contributed by atoms with E-state index < -0.39 is 17.9 Å². The van der Waals surface area contributed by atoms with Gasteiger partial charge in [0.05, 0.1) is 12.8 Å². The quantitative estimate of drug-likeness (QED) is 0.849. The molecule has 0 bridgehead atoms. The van der Waals surface area contributed by atoms with Crippen LogP contribution in [0.15, 0.2) is 18.2 Å². The molecule has 0 unspecified atom stereocenters. The minimum absolute atomic E-state index is 0.215. The Morgan fingerprint density at radius 1 is 1.24 bits per heavy atom. The highest BCUT2D eigenvalue weighted by molar-refractivity contribution is 6.30. The zero-order valence-corrected chi connectivity index (χ0v) is 10.1. The van der Waals surface area contributed by atoms with E-state index >= 15 is 0 Å². The fourth-order valence-electron chi connectivity index (χ4n) is 1.76. The van der Waals surface area contributed by atoms with Crippen LogP contribution in [0.4, 0.5) is 0 Å². The molecule has 1 rings (SSSR count). The van der Waals surface area contributed by atoms with Gasteiger partial charge in [-0.15, -0.1) is 0 Å². The summed E-state index contributed by atoms with van der Waals surface area (Å²) in [4.78, 5) is 21.5. The molecule has 0 spiro atoms. The zero-order valence-electron chi connectivity index (χ0n) is 9.31. The van der Waals surface area contributed by atoms with Crippen molar-refractivity contribution in [3.8, 4) is 0 Å². The van der Waals surface area contributed by atoms with Gasteiger partial charge in [-0.2, -0.15) is 0 Å². The summed E-state index contributed by atoms with van der Waals surface area (Å²) in [5.41, 5.74) is 1.53. The molecule has 0 aromatic heterocycles. The molecule has 0 aliphatic rings. The molecule has 4 nitrogen and oxygen atoms in total. The largest absolute Gasteiger partial charge is 0.481 e. The first-order valence-electron chi connectivity index (χ1n) is 5.09. The molecule has 0 amide bonds. The molecule has 0 heterocycles. The predicted molar refractivity (Wildman–Crippen MR) is 63.4 cm³/mol. The molecule has 5 heteroatoms. The molecule has 17 heavy (non-hydrogen) atoms. The van der Waals surface area contributed by atoms with Crippen molar-refractivity contribution in [1.82, 2.24) is 0 Å². The van der Waals surface area contributed by atoms with Crippen molar-refractivity contribution in [2.45, 2.75) is 25.7 Å². The van der Waals surface area contributed by atoms with Crippen molar-refractivity contribution in [3.63, 3.8) is 0 Å². The lowest BCUT2D eigenvalue weighted by Gasteiger charge is -2.16. The molecular formula is C12H13ClO4. The topological polar surface area (TPSA) is 74.6 Å². The normalized spacial score (nSPS) is 10.5. The van der Waals surface area contributed by atoms with Gasteiger partial charge in [-0.25, -0.2) is 0 Å². The third kappa shape index (κ3) is 4.07. The van der Waals surface area contributed by atoms with Gasteiger partial charge < -0.3 is 10.2 Å². The Balaban J connectivity index is 3.06. The number of rotatable bonds is 5. The van der Waals surface area contributed by atoms with Crippen molar-refractivity contribution in [2.24, 2.45) is 0 Å². The Hall–Kier alpha value is -1.55. The lowest BCUT2D eigenvalue weighted by Crippen LogP contribution is -2.12. The number of carbonyl (C=O) groups is 2. The predicted octanol–water partition coefficient (Wildman–Crippen LogP) is 2.68. The molecule has 92 valence electrons. The fourth-order valence-corrected chi connectivity index (χ4v) is 1.95. The van der Waals surface area contributed by atoms with Gasteiger partial charge >= 0.3 is 11.9 Å². The molecule has 0 atom stereocenters. The Kier molecular flexibility index (Phi) is 4.52. The number of aryl methyl sites for hydroxylation is 1. The first-order chi connectivity index (χ1) is 7.90. The molecule has 1 aromatic rings. The van der Waals surface area contributed by atoms with Crippen LogP contribution in [-0.2, 0) is 9.59 Å². The summed E-state index contributed by atoms with van der Waals surface area (Å²) in [6.07, 6.45) is -0.430. The minimum atomic E-state index is -1.02. The van der Waals surface area contributed by atoms with Crippen LogP contribution in [0.5, 0.6) is 0 Å². The van der Waals surface area contributed by atoms with Gasteiger partial charge in [0.2, 0.25) is 0 Å². The van der Waals surface area contributed by atoms with Crippen LogP contribution in [0.3, 0.4) is 0 Å². The van der Waals surface area contributed by atoms with Crippen molar-refractivity contribution in [2.75, 3.05) is 0 Å². The maximum absolute atomic E-state index is 10.7. The number of hydrogen-bond donors (Lipinski definition) is 2. The lowest BCUT2D eigenvalue weighted by atomic mass is 9.89. The van der Waals surface area contributed by atoms with E-state index in [2.05, 4.69) is 0 Å². The van der Waals surface area contributed by atoms with Crippen LogP contribution >= 0.6 is 11.6 Å². The van der Waals surface area contributed by atoms with Crippen molar-refractivity contribution < 1.29 is 19.8 Å². The van der Waals surface area contributed by atoms with E-state index in [1.54, 1.807) is 18.2 Å². The second kappa shape index (κ2) is 5.68. The highest BCUT2D eigenvalue weighted by atomic mass is 35.5. The van der Waals surface area contributed by atoms with Crippen LogP contribution in [0.2, 0.25) is 5.02 Å². The van der Waals surface area contributed by atoms with E-state index in [9.17, 15) is 9.59 Å². The molecule has 0 saturated heterocycles. The molecule has 1 aromatic carbocycles. The number of aliphatic carboxylic acids is 2. The van der Waals surface area contributed by atoms with Gasteiger partial charge in [0.15, 0.2) is 0 Å². The van der Waals surface area contributed by atoms with E-state index in [1.807, 2.05) is 6.92 Å². The summed E-state index contributed by atoms with van der Waals surface area (Å²) >= 11 is 5.84. The molecule has 0 radical (unpaired) electrons. The van der Waals surface area contributed by atoms with Gasteiger partial charge in [-0.05, 0) is 30.2 Å². The number of halogens is 1. The lowest BCUT2D eigenvalue weighted by molar-refractivity contribution is -0.139. The number of hydrogen-bond acceptors (Lipinski definition) is 2. The van der Waals surface area contributed by atoms with Gasteiger partial charge in [0.1, 0.15) is 0 Å². The summed E-state index contributed by atoms with van der Waals surface area (Å²) in [5.74, 6) is -2.59. The maximum Gasteiger partial charge on any atom is 0.303 e. The average Bonchev–Trinajstić information content (AvgIpc) is 2.19. The standard InChI is InChI=1S/C12H13ClO4/c1-7-2-3-9(13)6-10(7)8(4-11(14)15)5-12(16)17/h2-3,6,8H,4-5H2,1H3,(H,14,15)(H,16,17). The number of carboxylic acids is 2. The van der Waals surface area contributed by atoms with E-state index in [4.69, 9.17) is 21.8 Å². The molecule has 0 fully saturated rings. The zero-order chi connectivity index (χ0) is 13.0. The minimum Gasteiger partial charge on any atom is -0.481 e. The number of benzene rings is 1. The summed E-state index contributed by atoms with van der Waals surface area (Å²) < 4.78 is 0. The van der Waals surface area contributed by atoms with Gasteiger partial charge in [0.25, 0.3) is 0 Å². The second-order valence-electron chi connectivity index (χ2n) is 3.89. The summed E-state index contributed by atoms with van der Waals surface area (Å²) in [7, 11) is 0. The molecular weight excluding hydrogens is 244 g/mol. The molecule has 2 N–H and O–H groups in total. The van der Waals surface area contributed by atoms with Crippen LogP contribution in [0, 0.1) is 6.92 Å². The van der Waals surface area contributed by atoms with Crippen molar-refractivity contribution >= 4 is 23.5 Å². The fraction of sp³-hybridized carbons (Fsp3) is 0.333. The Labute approximate surface area is 104 Å².